The Morgan fingerprint density at radius 2 is 2.18 bits per heavy atom. The number of amides is 1. The smallest absolute Gasteiger partial charge is 0.325 e. The molecule has 1 aromatic rings. The van der Waals surface area contributed by atoms with Crippen LogP contribution in [0, 0.1) is 18.3 Å². The van der Waals surface area contributed by atoms with Gasteiger partial charge in [-0.15, -0.1) is 0 Å². The van der Waals surface area contributed by atoms with Gasteiger partial charge < -0.3 is 15.7 Å². The fourth-order valence-electron chi connectivity index (χ4n) is 1.74. The van der Waals surface area contributed by atoms with Gasteiger partial charge in [-0.25, -0.2) is 0 Å². The minimum absolute atomic E-state index is 0.155. The largest absolute Gasteiger partial charge is 0.480 e. The van der Waals surface area contributed by atoms with Crippen LogP contribution in [0.4, 0.5) is 0 Å². The Morgan fingerprint density at radius 3 is 2.77 bits per heavy atom. The predicted octanol–water partition coefficient (Wildman–Crippen LogP) is 1.12. The Labute approximate surface area is 129 Å². The van der Waals surface area contributed by atoms with E-state index in [-0.39, 0.29) is 5.57 Å². The molecule has 1 unspecified atom stereocenters. The average molecular weight is 301 g/mol. The van der Waals surface area contributed by atoms with Crippen molar-refractivity contribution in [1.29, 1.82) is 5.26 Å². The van der Waals surface area contributed by atoms with Crippen LogP contribution in [0.5, 0.6) is 0 Å². The third-order valence-electron chi connectivity index (χ3n) is 2.97. The van der Waals surface area contributed by atoms with E-state index in [1.807, 2.05) is 25.1 Å². The molecule has 0 aliphatic carbocycles. The first-order chi connectivity index (χ1) is 10.4. The molecule has 1 amide bonds. The van der Waals surface area contributed by atoms with Crippen molar-refractivity contribution in [3.8, 4) is 6.07 Å². The maximum absolute atomic E-state index is 11.7. The summed E-state index contributed by atoms with van der Waals surface area (Å²) in [5.74, 6) is -1.86. The van der Waals surface area contributed by atoms with E-state index in [1.165, 1.54) is 18.7 Å². The van der Waals surface area contributed by atoms with Gasteiger partial charge in [0, 0.05) is 12.7 Å². The highest BCUT2D eigenvalue weighted by atomic mass is 16.4. The van der Waals surface area contributed by atoms with Gasteiger partial charge in [0.05, 0.1) is 0 Å². The van der Waals surface area contributed by atoms with Gasteiger partial charge in [0.1, 0.15) is 17.7 Å². The lowest BCUT2D eigenvalue weighted by Gasteiger charge is -2.08. The number of carboxylic acids is 1. The van der Waals surface area contributed by atoms with E-state index in [0.717, 1.165) is 12.0 Å². The number of hydrogen-bond donors (Lipinski definition) is 3. The van der Waals surface area contributed by atoms with Crippen molar-refractivity contribution in [2.75, 3.05) is 6.54 Å². The summed E-state index contributed by atoms with van der Waals surface area (Å²) in [6.07, 6.45) is 2.06. The van der Waals surface area contributed by atoms with E-state index in [1.54, 1.807) is 6.07 Å². The number of nitrogens with zero attached hydrogens (tertiary/aromatic N) is 1. The summed E-state index contributed by atoms with van der Waals surface area (Å²) >= 11 is 0. The third kappa shape index (κ3) is 5.67. The van der Waals surface area contributed by atoms with Crippen LogP contribution in [0.2, 0.25) is 0 Å². The van der Waals surface area contributed by atoms with Crippen LogP contribution in [0.3, 0.4) is 0 Å². The van der Waals surface area contributed by atoms with E-state index in [2.05, 4.69) is 16.7 Å². The summed E-state index contributed by atoms with van der Waals surface area (Å²) in [6, 6.07) is 8.76. The van der Waals surface area contributed by atoms with Gasteiger partial charge in [0.15, 0.2) is 0 Å². The van der Waals surface area contributed by atoms with Crippen LogP contribution in [0.25, 0.3) is 0 Å². The van der Waals surface area contributed by atoms with Gasteiger partial charge in [0.2, 0.25) is 0 Å². The Morgan fingerprint density at radius 1 is 1.45 bits per heavy atom. The van der Waals surface area contributed by atoms with Gasteiger partial charge >= 0.3 is 5.97 Å². The van der Waals surface area contributed by atoms with Gasteiger partial charge in [-0.3, -0.25) is 9.59 Å². The lowest BCUT2D eigenvalue weighted by atomic mass is 10.1. The normalized spacial score (nSPS) is 12.1. The number of nitriles is 1. The molecule has 0 aromatic heterocycles. The Kier molecular flexibility index (Phi) is 6.64. The lowest BCUT2D eigenvalue weighted by Crippen LogP contribution is -2.39. The summed E-state index contributed by atoms with van der Waals surface area (Å²) in [5, 5.41) is 22.8. The van der Waals surface area contributed by atoms with Crippen molar-refractivity contribution in [2.45, 2.75) is 26.3 Å². The molecule has 0 aliphatic heterocycles. The topological polar surface area (TPSA) is 102 Å². The number of carboxylic acid groups (broad SMARTS) is 1. The number of rotatable bonds is 7. The summed E-state index contributed by atoms with van der Waals surface area (Å²) in [6.45, 7) is 3.91. The fraction of sp³-hybridized carbons (Fsp3) is 0.312. The van der Waals surface area contributed by atoms with Crippen molar-refractivity contribution < 1.29 is 14.7 Å². The van der Waals surface area contributed by atoms with E-state index >= 15 is 0 Å². The highest BCUT2D eigenvalue weighted by Gasteiger charge is 2.16. The molecule has 116 valence electrons. The maximum Gasteiger partial charge on any atom is 0.325 e. The van der Waals surface area contributed by atoms with E-state index in [0.29, 0.717) is 6.54 Å². The zero-order valence-corrected chi connectivity index (χ0v) is 12.6. The molecule has 1 aromatic carbocycles. The zero-order valence-electron chi connectivity index (χ0n) is 12.6. The van der Waals surface area contributed by atoms with Crippen LogP contribution < -0.4 is 10.6 Å². The van der Waals surface area contributed by atoms with Gasteiger partial charge in [0.25, 0.3) is 5.91 Å². The van der Waals surface area contributed by atoms with Crippen molar-refractivity contribution in [2.24, 2.45) is 0 Å². The number of aryl methyl sites for hydroxylation is 1. The summed E-state index contributed by atoms with van der Waals surface area (Å²) in [5.41, 5.74) is 2.17. The molecule has 6 heteroatoms. The highest BCUT2D eigenvalue weighted by molar-refractivity contribution is 5.99. The molecule has 0 saturated heterocycles. The molecule has 6 nitrogen and oxygen atoms in total. The fourth-order valence-corrected chi connectivity index (χ4v) is 1.74. The molecule has 22 heavy (non-hydrogen) atoms. The number of benzene rings is 1. The first-order valence-corrected chi connectivity index (χ1v) is 6.87. The lowest BCUT2D eigenvalue weighted by molar-refractivity contribution is -0.140. The Bertz CT molecular complexity index is 617. The second kappa shape index (κ2) is 8.47. The maximum atomic E-state index is 11.7. The molecule has 0 fully saturated rings. The molecular weight excluding hydrogens is 282 g/mol. The molecule has 0 saturated carbocycles. The molecule has 3 N–H and O–H groups in total. The molecule has 0 radical (unpaired) electrons. The van der Waals surface area contributed by atoms with E-state index in [4.69, 9.17) is 10.4 Å². The zero-order chi connectivity index (χ0) is 16.5. The van der Waals surface area contributed by atoms with E-state index < -0.39 is 17.9 Å². The summed E-state index contributed by atoms with van der Waals surface area (Å²) < 4.78 is 0. The predicted molar refractivity (Wildman–Crippen MR) is 81.8 cm³/mol. The van der Waals surface area contributed by atoms with Crippen molar-refractivity contribution >= 4 is 11.9 Å². The first kappa shape index (κ1) is 17.2. The number of carbonyl (C=O) groups excluding carboxylic acids is 1. The Balaban J connectivity index is 2.50. The minimum atomic E-state index is -1.15. The molecule has 1 atom stereocenters. The number of nitrogens with one attached hydrogen (secondary N) is 2. The summed E-state index contributed by atoms with van der Waals surface area (Å²) in [7, 11) is 0. The SMILES string of the molecule is Cc1cccc(CCN/C=C(/C#N)C(=O)NC(C)C(=O)O)c1. The molecule has 0 bridgehead atoms. The van der Waals surface area contributed by atoms with Crippen LogP contribution in [0.1, 0.15) is 18.1 Å². The van der Waals surface area contributed by atoms with Crippen LogP contribution in [0.15, 0.2) is 36.0 Å². The Hall–Kier alpha value is -2.81. The third-order valence-corrected chi connectivity index (χ3v) is 2.97. The van der Waals surface area contributed by atoms with Gasteiger partial charge in [-0.1, -0.05) is 29.8 Å². The van der Waals surface area contributed by atoms with Crippen molar-refractivity contribution in [1.82, 2.24) is 10.6 Å². The molecule has 0 heterocycles. The number of hydrogen-bond acceptors (Lipinski definition) is 4. The van der Waals surface area contributed by atoms with E-state index in [9.17, 15) is 9.59 Å². The standard InChI is InChI=1S/C16H19N3O3/c1-11-4-3-5-13(8-11)6-7-18-10-14(9-17)15(20)19-12(2)16(21)22/h3-5,8,10,12,18H,6-7H2,1-2H3,(H,19,20)(H,21,22)/b14-10-. The van der Waals surface area contributed by atoms with Crippen molar-refractivity contribution in [3.05, 3.63) is 47.2 Å². The van der Waals surface area contributed by atoms with Gasteiger partial charge in [-0.2, -0.15) is 5.26 Å². The number of carbonyl (C=O) groups is 2. The second-order valence-corrected chi connectivity index (χ2v) is 4.90. The quantitative estimate of drug-likeness (QED) is 0.398. The monoisotopic (exact) mass is 301 g/mol. The summed E-state index contributed by atoms with van der Waals surface area (Å²) in [4.78, 5) is 22.4. The van der Waals surface area contributed by atoms with Gasteiger partial charge in [-0.05, 0) is 25.8 Å². The van der Waals surface area contributed by atoms with Crippen molar-refractivity contribution in [3.63, 3.8) is 0 Å². The number of aliphatic carboxylic acids is 1. The first-order valence-electron chi connectivity index (χ1n) is 6.87. The van der Waals surface area contributed by atoms with Crippen LogP contribution in [-0.2, 0) is 16.0 Å². The van der Waals surface area contributed by atoms with Crippen LogP contribution in [-0.4, -0.2) is 29.6 Å². The van der Waals surface area contributed by atoms with Crippen LogP contribution >= 0.6 is 0 Å². The molecule has 1 rings (SSSR count). The molecule has 0 spiro atoms. The minimum Gasteiger partial charge on any atom is -0.480 e. The average Bonchev–Trinajstić information content (AvgIpc) is 2.47. The molecule has 0 aliphatic rings. The molecular formula is C16H19N3O3. The second-order valence-electron chi connectivity index (χ2n) is 4.90. The highest BCUT2D eigenvalue weighted by Crippen LogP contribution is 2.04.